The van der Waals surface area contributed by atoms with E-state index >= 15 is 0 Å². The second-order valence-electron chi connectivity index (χ2n) is 3.53. The van der Waals surface area contributed by atoms with Crippen LogP contribution in [0.4, 0.5) is 0 Å². The molecular weight excluding hydrogens is 188 g/mol. The maximum absolute atomic E-state index is 5.40. The third-order valence-electron chi connectivity index (χ3n) is 2.60. The van der Waals surface area contributed by atoms with Crippen molar-refractivity contribution in [1.82, 2.24) is 5.10 Å². The molecule has 0 aliphatic heterocycles. The van der Waals surface area contributed by atoms with Crippen LogP contribution in [0.2, 0.25) is 0 Å². The first-order valence-corrected chi connectivity index (χ1v) is 4.92. The predicted octanol–water partition coefficient (Wildman–Crippen LogP) is 1.82. The maximum atomic E-state index is 5.40. The fourth-order valence-electron chi connectivity index (χ4n) is 1.69. The van der Waals surface area contributed by atoms with Crippen LogP contribution >= 0.6 is 0 Å². The Morgan fingerprint density at radius 2 is 1.87 bits per heavy atom. The Hall–Kier alpha value is -1.77. The lowest BCUT2D eigenvalue weighted by Crippen LogP contribution is -2.32. The first-order chi connectivity index (χ1) is 7.24. The van der Waals surface area contributed by atoms with Gasteiger partial charge in [-0.25, -0.2) is 0 Å². The lowest BCUT2D eigenvalue weighted by molar-refractivity contribution is -0.731. The molecule has 1 heterocycles. The van der Waals surface area contributed by atoms with Gasteiger partial charge in [-0.15, -0.1) is 4.68 Å². The highest BCUT2D eigenvalue weighted by Gasteiger charge is 2.20. The number of hydrogen-bond donors (Lipinski definition) is 1. The summed E-state index contributed by atoms with van der Waals surface area (Å²) in [7, 11) is 3.67. The lowest BCUT2D eigenvalue weighted by atomic mass is 10.1. The molecule has 0 fully saturated rings. The number of nitrogens with zero attached hydrogens (tertiary/aromatic N) is 1. The minimum Gasteiger partial charge on any atom is -0.489 e. The van der Waals surface area contributed by atoms with E-state index in [1.807, 2.05) is 36.9 Å². The van der Waals surface area contributed by atoms with Crippen LogP contribution in [0.1, 0.15) is 5.69 Å². The van der Waals surface area contributed by atoms with Crippen molar-refractivity contribution in [2.24, 2.45) is 7.05 Å². The minimum atomic E-state index is 0.906. The van der Waals surface area contributed by atoms with E-state index in [2.05, 4.69) is 17.2 Å². The van der Waals surface area contributed by atoms with Gasteiger partial charge in [0.2, 0.25) is 11.4 Å². The molecule has 0 aliphatic rings. The van der Waals surface area contributed by atoms with Crippen LogP contribution in [-0.4, -0.2) is 12.2 Å². The van der Waals surface area contributed by atoms with E-state index in [9.17, 15) is 0 Å². The topological polar surface area (TPSA) is 28.9 Å². The van der Waals surface area contributed by atoms with Crippen molar-refractivity contribution >= 4 is 0 Å². The number of benzene rings is 1. The molecular formula is C12H15N2O+. The van der Waals surface area contributed by atoms with Gasteiger partial charge in [0.05, 0.1) is 7.11 Å². The van der Waals surface area contributed by atoms with Crippen molar-refractivity contribution in [3.8, 4) is 17.0 Å². The van der Waals surface area contributed by atoms with Gasteiger partial charge >= 0.3 is 0 Å². The van der Waals surface area contributed by atoms with Crippen LogP contribution in [0.25, 0.3) is 11.3 Å². The summed E-state index contributed by atoms with van der Waals surface area (Å²) in [6.07, 6.45) is 0. The Bertz CT molecular complexity index is 460. The number of methoxy groups -OCH3 is 1. The van der Waals surface area contributed by atoms with Gasteiger partial charge in [0, 0.05) is 12.5 Å². The summed E-state index contributed by atoms with van der Waals surface area (Å²) >= 11 is 0. The van der Waals surface area contributed by atoms with Crippen molar-refractivity contribution in [3.63, 3.8) is 0 Å². The van der Waals surface area contributed by atoms with Crippen molar-refractivity contribution in [1.29, 1.82) is 0 Å². The van der Waals surface area contributed by atoms with Gasteiger partial charge < -0.3 is 4.74 Å². The van der Waals surface area contributed by atoms with Crippen molar-refractivity contribution in [2.45, 2.75) is 6.92 Å². The average Bonchev–Trinajstić information content (AvgIpc) is 2.56. The van der Waals surface area contributed by atoms with E-state index in [1.54, 1.807) is 7.11 Å². The van der Waals surface area contributed by atoms with Crippen LogP contribution in [0.3, 0.4) is 0 Å². The molecule has 0 atom stereocenters. The summed E-state index contributed by atoms with van der Waals surface area (Å²) in [6.45, 7) is 2.03. The third-order valence-corrected chi connectivity index (χ3v) is 2.60. The molecule has 2 aromatic rings. The summed E-state index contributed by atoms with van der Waals surface area (Å²) in [6, 6.07) is 10.2. The van der Waals surface area contributed by atoms with Gasteiger partial charge in [-0.3, -0.25) is 0 Å². The second-order valence-corrected chi connectivity index (χ2v) is 3.53. The lowest BCUT2D eigenvalue weighted by Gasteiger charge is -1.98. The van der Waals surface area contributed by atoms with Gasteiger partial charge in [-0.2, -0.15) is 5.10 Å². The molecule has 15 heavy (non-hydrogen) atoms. The van der Waals surface area contributed by atoms with Gasteiger partial charge in [-0.1, -0.05) is 30.3 Å². The molecule has 1 N–H and O–H groups in total. The summed E-state index contributed by atoms with van der Waals surface area (Å²) in [4.78, 5) is 0. The molecule has 0 saturated heterocycles. The second kappa shape index (κ2) is 3.77. The number of rotatable bonds is 2. The fourth-order valence-corrected chi connectivity index (χ4v) is 1.69. The predicted molar refractivity (Wildman–Crippen MR) is 58.7 cm³/mol. The summed E-state index contributed by atoms with van der Waals surface area (Å²) in [5, 5.41) is 3.27. The average molecular weight is 203 g/mol. The van der Waals surface area contributed by atoms with Crippen LogP contribution in [0.5, 0.6) is 5.75 Å². The zero-order valence-electron chi connectivity index (χ0n) is 9.24. The molecule has 0 spiro atoms. The number of aromatic amines is 1. The van der Waals surface area contributed by atoms with Crippen LogP contribution < -0.4 is 9.42 Å². The number of aromatic nitrogens is 2. The number of nitrogens with one attached hydrogen (secondary N) is 1. The largest absolute Gasteiger partial charge is 0.489 e. The number of aryl methyl sites for hydroxylation is 1. The molecule has 3 nitrogen and oxygen atoms in total. The van der Waals surface area contributed by atoms with E-state index < -0.39 is 0 Å². The van der Waals surface area contributed by atoms with Crippen molar-refractivity contribution in [3.05, 3.63) is 36.0 Å². The molecule has 0 amide bonds. The normalized spacial score (nSPS) is 10.3. The van der Waals surface area contributed by atoms with Crippen LogP contribution in [0, 0.1) is 6.92 Å². The van der Waals surface area contributed by atoms with Gasteiger partial charge in [0.15, 0.2) is 12.7 Å². The molecule has 0 saturated carbocycles. The SMILES string of the molecule is COc1c(-c2ccccc2)[nH][n+](C)c1C. The minimum absolute atomic E-state index is 0.906. The maximum Gasteiger partial charge on any atom is 0.246 e. The highest BCUT2D eigenvalue weighted by Crippen LogP contribution is 2.28. The first kappa shape index (κ1) is 9.77. The Morgan fingerprint density at radius 1 is 1.20 bits per heavy atom. The molecule has 0 aliphatic carbocycles. The highest BCUT2D eigenvalue weighted by molar-refractivity contribution is 5.66. The number of hydrogen-bond acceptors (Lipinski definition) is 1. The third kappa shape index (κ3) is 1.61. The summed E-state index contributed by atoms with van der Waals surface area (Å²) in [5.41, 5.74) is 3.26. The van der Waals surface area contributed by atoms with Crippen molar-refractivity contribution < 1.29 is 9.42 Å². The fraction of sp³-hybridized carbons (Fsp3) is 0.250. The Labute approximate surface area is 89.3 Å². The summed E-state index contributed by atoms with van der Waals surface area (Å²) in [5.74, 6) is 0.906. The van der Waals surface area contributed by atoms with Gasteiger partial charge in [-0.05, 0) is 0 Å². The van der Waals surface area contributed by atoms with E-state index in [1.165, 1.54) is 0 Å². The Balaban J connectivity index is 2.58. The van der Waals surface area contributed by atoms with Crippen molar-refractivity contribution in [2.75, 3.05) is 7.11 Å². The van der Waals surface area contributed by atoms with E-state index in [-0.39, 0.29) is 0 Å². The van der Waals surface area contributed by atoms with E-state index in [4.69, 9.17) is 4.74 Å². The van der Waals surface area contributed by atoms with E-state index in [0.717, 1.165) is 22.7 Å². The zero-order chi connectivity index (χ0) is 10.8. The molecule has 1 aromatic heterocycles. The molecule has 0 bridgehead atoms. The smallest absolute Gasteiger partial charge is 0.246 e. The number of ether oxygens (including phenoxy) is 1. The standard InChI is InChI=1S/C12H14N2O/c1-9-12(15-3)11(13-14(9)2)10-7-5-4-6-8-10/h4-8H,1-3H3/p+1. The highest BCUT2D eigenvalue weighted by atomic mass is 16.5. The Kier molecular flexibility index (Phi) is 2.46. The first-order valence-electron chi connectivity index (χ1n) is 4.92. The van der Waals surface area contributed by atoms with Crippen LogP contribution in [0.15, 0.2) is 30.3 Å². The zero-order valence-corrected chi connectivity index (χ0v) is 9.24. The molecule has 0 radical (unpaired) electrons. The van der Waals surface area contributed by atoms with E-state index in [0.29, 0.717) is 0 Å². The quantitative estimate of drug-likeness (QED) is 0.741. The molecule has 1 aromatic carbocycles. The van der Waals surface area contributed by atoms with Crippen LogP contribution in [-0.2, 0) is 7.05 Å². The monoisotopic (exact) mass is 203 g/mol. The Morgan fingerprint density at radius 3 is 2.47 bits per heavy atom. The molecule has 78 valence electrons. The summed E-state index contributed by atoms with van der Waals surface area (Å²) < 4.78 is 7.36. The molecule has 3 heteroatoms. The van der Waals surface area contributed by atoms with Gasteiger partial charge in [0.25, 0.3) is 0 Å². The molecule has 0 unspecified atom stereocenters. The molecule has 2 rings (SSSR count). The number of H-pyrrole nitrogens is 1. The van der Waals surface area contributed by atoms with Gasteiger partial charge in [0.1, 0.15) is 0 Å².